The van der Waals surface area contributed by atoms with E-state index in [2.05, 4.69) is 27.6 Å². The van der Waals surface area contributed by atoms with Crippen molar-refractivity contribution in [3.63, 3.8) is 0 Å². The number of amides is 1. The zero-order valence-electron chi connectivity index (χ0n) is 17.3. The minimum Gasteiger partial charge on any atom is -0.383 e. The second-order valence-corrected chi connectivity index (χ2v) is 7.19. The normalized spacial score (nSPS) is 15.1. The minimum absolute atomic E-state index is 0.154. The van der Waals surface area contributed by atoms with Gasteiger partial charge in [-0.25, -0.2) is 4.68 Å². The van der Waals surface area contributed by atoms with Crippen molar-refractivity contribution >= 4 is 23.1 Å². The molecule has 30 heavy (non-hydrogen) atoms. The second-order valence-electron chi connectivity index (χ2n) is 7.19. The Morgan fingerprint density at radius 2 is 2.10 bits per heavy atom. The monoisotopic (exact) mass is 416 g/mol. The Kier molecular flexibility index (Phi) is 7.36. The molecule has 2 aromatic rings. The lowest BCUT2D eigenvalue weighted by molar-refractivity contribution is -0.384. The van der Waals surface area contributed by atoms with E-state index in [0.717, 1.165) is 32.5 Å². The predicted octanol–water partition coefficient (Wildman–Crippen LogP) is 2.76. The highest BCUT2D eigenvalue weighted by Crippen LogP contribution is 2.28. The van der Waals surface area contributed by atoms with Gasteiger partial charge < -0.3 is 20.3 Å². The summed E-state index contributed by atoms with van der Waals surface area (Å²) in [5.74, 6) is 0.189. The molecule has 0 unspecified atom stereocenters. The van der Waals surface area contributed by atoms with Crippen molar-refractivity contribution in [3.8, 4) is 0 Å². The molecule has 10 nitrogen and oxygen atoms in total. The molecule has 0 spiro atoms. The quantitative estimate of drug-likeness (QED) is 0.367. The molecule has 1 saturated heterocycles. The van der Waals surface area contributed by atoms with Crippen LogP contribution >= 0.6 is 0 Å². The van der Waals surface area contributed by atoms with Crippen LogP contribution in [0.1, 0.15) is 36.2 Å². The number of piperidine rings is 1. The number of hydrogen-bond acceptors (Lipinski definition) is 7. The van der Waals surface area contributed by atoms with Crippen LogP contribution in [0, 0.1) is 10.1 Å². The minimum atomic E-state index is -0.502. The maximum atomic E-state index is 12.8. The van der Waals surface area contributed by atoms with Gasteiger partial charge >= 0.3 is 0 Å². The van der Waals surface area contributed by atoms with Gasteiger partial charge in [-0.15, -0.1) is 0 Å². The summed E-state index contributed by atoms with van der Waals surface area (Å²) < 4.78 is 6.80. The summed E-state index contributed by atoms with van der Waals surface area (Å²) in [6, 6.07) is 6.36. The second kappa shape index (κ2) is 10.2. The number of ether oxygens (including phenoxy) is 1. The van der Waals surface area contributed by atoms with Crippen molar-refractivity contribution in [1.29, 1.82) is 0 Å². The number of hydrogen-bond donors (Lipinski definition) is 2. The summed E-state index contributed by atoms with van der Waals surface area (Å²) >= 11 is 0. The van der Waals surface area contributed by atoms with Crippen molar-refractivity contribution in [1.82, 2.24) is 14.7 Å². The van der Waals surface area contributed by atoms with Crippen molar-refractivity contribution in [2.75, 3.05) is 50.5 Å². The molecule has 0 aliphatic carbocycles. The largest absolute Gasteiger partial charge is 0.383 e. The number of likely N-dealkylation sites (tertiary alicyclic amines) is 1. The van der Waals surface area contributed by atoms with Crippen LogP contribution in [-0.2, 0) is 4.74 Å². The number of nitrogens with one attached hydrogen (secondary N) is 2. The molecule has 2 N–H and O–H groups in total. The van der Waals surface area contributed by atoms with Crippen LogP contribution in [0.15, 0.2) is 30.5 Å². The van der Waals surface area contributed by atoms with Gasteiger partial charge in [-0.1, -0.05) is 6.92 Å². The zero-order valence-corrected chi connectivity index (χ0v) is 17.3. The third-order valence-corrected chi connectivity index (χ3v) is 5.34. The molecule has 1 aromatic heterocycles. The fourth-order valence-corrected chi connectivity index (χ4v) is 3.63. The van der Waals surface area contributed by atoms with Crippen LogP contribution in [0.5, 0.6) is 0 Å². The first kappa shape index (κ1) is 21.7. The van der Waals surface area contributed by atoms with Crippen LogP contribution < -0.4 is 10.6 Å². The highest BCUT2D eigenvalue weighted by Gasteiger charge is 2.23. The summed E-state index contributed by atoms with van der Waals surface area (Å²) in [6.45, 7) is 6.03. The molecule has 1 aliphatic heterocycles. The number of benzene rings is 1. The van der Waals surface area contributed by atoms with E-state index < -0.39 is 10.8 Å². The average molecular weight is 416 g/mol. The zero-order chi connectivity index (χ0) is 21.5. The van der Waals surface area contributed by atoms with Gasteiger partial charge in [0.15, 0.2) is 0 Å². The SMILES string of the molecule is CCN1CCC(n2nccc2NC(=O)c2ccc(NCCOC)c([N+](=O)[O-])c2)CC1. The van der Waals surface area contributed by atoms with Crippen molar-refractivity contribution in [3.05, 3.63) is 46.1 Å². The number of methoxy groups -OCH3 is 1. The van der Waals surface area contributed by atoms with Crippen LogP contribution in [-0.4, -0.2) is 65.4 Å². The Bertz CT molecular complexity index is 876. The van der Waals surface area contributed by atoms with Crippen LogP contribution in [0.4, 0.5) is 17.2 Å². The van der Waals surface area contributed by atoms with Gasteiger partial charge in [0.05, 0.1) is 23.8 Å². The van der Waals surface area contributed by atoms with Gasteiger partial charge in [0.25, 0.3) is 11.6 Å². The Morgan fingerprint density at radius 1 is 1.33 bits per heavy atom. The number of nitro groups is 1. The molecule has 3 rings (SSSR count). The molecule has 2 heterocycles. The molecule has 1 aromatic carbocycles. The van der Waals surface area contributed by atoms with E-state index in [-0.39, 0.29) is 17.3 Å². The smallest absolute Gasteiger partial charge is 0.293 e. The van der Waals surface area contributed by atoms with Gasteiger partial charge in [-0.05, 0) is 31.5 Å². The molecule has 0 bridgehead atoms. The Labute approximate surface area is 175 Å². The number of nitrogens with zero attached hydrogens (tertiary/aromatic N) is 4. The van der Waals surface area contributed by atoms with E-state index in [1.807, 2.05) is 4.68 Å². The van der Waals surface area contributed by atoms with Crippen LogP contribution in [0.3, 0.4) is 0 Å². The predicted molar refractivity (Wildman–Crippen MR) is 114 cm³/mol. The first-order valence-electron chi connectivity index (χ1n) is 10.1. The lowest BCUT2D eigenvalue weighted by atomic mass is 10.1. The summed E-state index contributed by atoms with van der Waals surface area (Å²) in [5.41, 5.74) is 0.410. The van der Waals surface area contributed by atoms with Crippen LogP contribution in [0.2, 0.25) is 0 Å². The maximum Gasteiger partial charge on any atom is 0.293 e. The summed E-state index contributed by atoms with van der Waals surface area (Å²) in [4.78, 5) is 26.1. The van der Waals surface area contributed by atoms with Gasteiger partial charge in [0.2, 0.25) is 0 Å². The molecular weight excluding hydrogens is 388 g/mol. The standard InChI is InChI=1S/C20H28N6O4/c1-3-24-11-7-16(8-12-24)25-19(6-9-22-25)23-20(27)15-4-5-17(21-10-13-30-2)18(14-15)26(28)29/h4-6,9,14,16,21H,3,7-8,10-13H2,1-2H3,(H,23,27). The Balaban J connectivity index is 1.71. The van der Waals surface area contributed by atoms with E-state index >= 15 is 0 Å². The van der Waals surface area contributed by atoms with Gasteiger partial charge in [-0.2, -0.15) is 5.10 Å². The lowest BCUT2D eigenvalue weighted by Gasteiger charge is -2.31. The molecule has 1 fully saturated rings. The summed E-state index contributed by atoms with van der Waals surface area (Å²) in [6.07, 6.45) is 3.59. The highest BCUT2D eigenvalue weighted by molar-refractivity contribution is 6.04. The fraction of sp³-hybridized carbons (Fsp3) is 0.500. The lowest BCUT2D eigenvalue weighted by Crippen LogP contribution is -2.35. The van der Waals surface area contributed by atoms with Crippen LogP contribution in [0.25, 0.3) is 0 Å². The average Bonchev–Trinajstić information content (AvgIpc) is 3.22. The van der Waals surface area contributed by atoms with E-state index in [9.17, 15) is 14.9 Å². The third kappa shape index (κ3) is 5.14. The topological polar surface area (TPSA) is 115 Å². The first-order chi connectivity index (χ1) is 14.5. The van der Waals surface area contributed by atoms with E-state index in [1.165, 1.54) is 6.07 Å². The molecule has 0 radical (unpaired) electrons. The number of rotatable bonds is 9. The number of carbonyl (C=O) groups is 1. The summed E-state index contributed by atoms with van der Waals surface area (Å²) in [5, 5.41) is 21.6. The Morgan fingerprint density at radius 3 is 2.77 bits per heavy atom. The number of carbonyl (C=O) groups excluding carboxylic acids is 1. The highest BCUT2D eigenvalue weighted by atomic mass is 16.6. The Hall–Kier alpha value is -2.98. The first-order valence-corrected chi connectivity index (χ1v) is 10.1. The van der Waals surface area contributed by atoms with Gasteiger partial charge in [-0.3, -0.25) is 14.9 Å². The van der Waals surface area contributed by atoms with E-state index in [0.29, 0.717) is 24.7 Å². The fourth-order valence-electron chi connectivity index (χ4n) is 3.63. The third-order valence-electron chi connectivity index (χ3n) is 5.34. The molecule has 0 atom stereocenters. The molecule has 10 heteroatoms. The molecular formula is C20H28N6O4. The number of anilines is 2. The van der Waals surface area contributed by atoms with Crippen molar-refractivity contribution in [2.45, 2.75) is 25.8 Å². The molecule has 0 saturated carbocycles. The van der Waals surface area contributed by atoms with Gasteiger partial charge in [0.1, 0.15) is 11.5 Å². The molecule has 1 aliphatic rings. The van der Waals surface area contributed by atoms with Gasteiger partial charge in [0, 0.05) is 44.4 Å². The maximum absolute atomic E-state index is 12.8. The molecule has 1 amide bonds. The number of nitro benzene ring substituents is 1. The van der Waals surface area contributed by atoms with Crippen molar-refractivity contribution in [2.24, 2.45) is 0 Å². The number of aromatic nitrogens is 2. The summed E-state index contributed by atoms with van der Waals surface area (Å²) in [7, 11) is 1.56. The van der Waals surface area contributed by atoms with Crippen molar-refractivity contribution < 1.29 is 14.5 Å². The van der Waals surface area contributed by atoms with E-state index in [4.69, 9.17) is 4.74 Å². The van der Waals surface area contributed by atoms with E-state index in [1.54, 1.807) is 31.5 Å². The molecule has 162 valence electrons.